The molecule has 1 saturated carbocycles. The lowest BCUT2D eigenvalue weighted by Gasteiger charge is -2.44. The average Bonchev–Trinajstić information content (AvgIpc) is 3.12. The molecule has 2 N–H and O–H groups in total. The van der Waals surface area contributed by atoms with Crippen molar-refractivity contribution in [3.63, 3.8) is 0 Å². The van der Waals surface area contributed by atoms with E-state index in [-0.39, 0.29) is 5.41 Å². The quantitative estimate of drug-likeness (QED) is 0.835. The van der Waals surface area contributed by atoms with E-state index in [1.165, 1.54) is 10.2 Å². The Labute approximate surface area is 166 Å². The van der Waals surface area contributed by atoms with Crippen LogP contribution in [0.5, 0.6) is 0 Å². The summed E-state index contributed by atoms with van der Waals surface area (Å²) in [5.74, 6) is -0.653. The minimum absolute atomic E-state index is 0.0827. The molecule has 0 bridgehead atoms. The first-order chi connectivity index (χ1) is 13.3. The molecule has 1 aliphatic heterocycles. The van der Waals surface area contributed by atoms with E-state index in [0.717, 1.165) is 25.7 Å². The molecule has 4 rings (SSSR count). The van der Waals surface area contributed by atoms with Crippen LogP contribution in [0, 0.1) is 0 Å². The summed E-state index contributed by atoms with van der Waals surface area (Å²) < 4.78 is 40.0. The summed E-state index contributed by atoms with van der Waals surface area (Å²) in [5.41, 5.74) is 7.26. The molecule has 2 aromatic rings. The highest BCUT2D eigenvalue weighted by Crippen LogP contribution is 2.41. The number of nitrogens with zero attached hydrogens (tertiary/aromatic N) is 4. The Morgan fingerprint density at radius 2 is 1.96 bits per heavy atom. The van der Waals surface area contributed by atoms with Crippen LogP contribution in [0.15, 0.2) is 24.3 Å². The van der Waals surface area contributed by atoms with Gasteiger partial charge < -0.3 is 5.73 Å². The lowest BCUT2D eigenvalue weighted by Crippen LogP contribution is -2.47. The van der Waals surface area contributed by atoms with Crippen LogP contribution in [0.3, 0.4) is 0 Å². The zero-order valence-corrected chi connectivity index (χ0v) is 16.2. The fourth-order valence-electron chi connectivity index (χ4n) is 4.54. The van der Waals surface area contributed by atoms with Crippen LogP contribution in [-0.4, -0.2) is 38.8 Å². The summed E-state index contributed by atoms with van der Waals surface area (Å²) >= 11 is 6.17. The zero-order chi connectivity index (χ0) is 19.9. The Balaban J connectivity index is 1.45. The molecule has 1 aromatic carbocycles. The Morgan fingerprint density at radius 1 is 1.21 bits per heavy atom. The third-order valence-corrected chi connectivity index (χ3v) is 6.44. The second kappa shape index (κ2) is 7.31. The van der Waals surface area contributed by atoms with Crippen molar-refractivity contribution in [1.82, 2.24) is 19.7 Å². The first kappa shape index (κ1) is 19.7. The summed E-state index contributed by atoms with van der Waals surface area (Å²) in [6, 6.07) is 8.22. The van der Waals surface area contributed by atoms with E-state index in [9.17, 15) is 13.2 Å². The van der Waals surface area contributed by atoms with Gasteiger partial charge >= 0.3 is 6.18 Å². The van der Waals surface area contributed by atoms with Crippen LogP contribution < -0.4 is 5.73 Å². The van der Waals surface area contributed by atoms with Gasteiger partial charge in [0.2, 0.25) is 0 Å². The maximum absolute atomic E-state index is 12.9. The third kappa shape index (κ3) is 3.65. The van der Waals surface area contributed by atoms with Crippen molar-refractivity contribution < 1.29 is 13.2 Å². The highest BCUT2D eigenvalue weighted by Gasteiger charge is 2.40. The number of nitrogens with two attached hydrogens (primary N) is 1. The van der Waals surface area contributed by atoms with Crippen LogP contribution in [0.25, 0.3) is 0 Å². The van der Waals surface area contributed by atoms with E-state index < -0.39 is 12.0 Å². The largest absolute Gasteiger partial charge is 0.453 e. The van der Waals surface area contributed by atoms with Gasteiger partial charge in [0.05, 0.1) is 13.1 Å². The minimum Gasteiger partial charge on any atom is -0.330 e. The molecule has 1 aliphatic carbocycles. The maximum atomic E-state index is 12.9. The third-order valence-electron chi connectivity index (χ3n) is 6.20. The summed E-state index contributed by atoms with van der Waals surface area (Å²) in [4.78, 5) is 5.96. The van der Waals surface area contributed by atoms with Crippen LogP contribution in [0.1, 0.15) is 42.9 Å². The molecule has 0 saturated heterocycles. The van der Waals surface area contributed by atoms with Gasteiger partial charge in [0.15, 0.2) is 0 Å². The first-order valence-corrected chi connectivity index (χ1v) is 9.90. The van der Waals surface area contributed by atoms with Crippen LogP contribution in [-0.2, 0) is 24.7 Å². The van der Waals surface area contributed by atoms with E-state index in [1.54, 1.807) is 0 Å². The summed E-state index contributed by atoms with van der Waals surface area (Å²) in [6.07, 6.45) is -0.733. The number of hydrogen-bond acceptors (Lipinski definition) is 4. The van der Waals surface area contributed by atoms with Crippen molar-refractivity contribution in [1.29, 1.82) is 0 Å². The second-order valence-electron chi connectivity index (χ2n) is 7.77. The Kier molecular flexibility index (Phi) is 5.14. The molecule has 28 heavy (non-hydrogen) atoms. The van der Waals surface area contributed by atoms with Gasteiger partial charge in [-0.05, 0) is 43.4 Å². The molecule has 0 atom stereocenters. The molecule has 0 amide bonds. The maximum Gasteiger partial charge on any atom is 0.453 e. The molecule has 1 fully saturated rings. The fraction of sp³-hybridized carbons (Fsp3) is 0.579. The minimum atomic E-state index is -4.50. The second-order valence-corrected chi connectivity index (χ2v) is 8.21. The number of alkyl halides is 3. The van der Waals surface area contributed by atoms with Crippen molar-refractivity contribution in [2.24, 2.45) is 5.73 Å². The van der Waals surface area contributed by atoms with E-state index >= 15 is 0 Å². The molecular weight excluding hydrogens is 391 g/mol. The number of hydrogen-bond donors (Lipinski definition) is 1. The number of aromatic nitrogens is 3. The Morgan fingerprint density at radius 3 is 2.61 bits per heavy atom. The van der Waals surface area contributed by atoms with E-state index in [2.05, 4.69) is 21.0 Å². The van der Waals surface area contributed by atoms with E-state index in [0.29, 0.717) is 43.1 Å². The highest BCUT2D eigenvalue weighted by molar-refractivity contribution is 6.30. The molecule has 9 heteroatoms. The van der Waals surface area contributed by atoms with Crippen LogP contribution in [0.4, 0.5) is 13.2 Å². The first-order valence-electron chi connectivity index (χ1n) is 9.52. The monoisotopic (exact) mass is 413 g/mol. The lowest BCUT2D eigenvalue weighted by molar-refractivity contribution is -0.145. The van der Waals surface area contributed by atoms with Crippen LogP contribution in [0.2, 0.25) is 5.02 Å². The normalized spacial score (nSPS) is 26.2. The topological polar surface area (TPSA) is 60.0 Å². The van der Waals surface area contributed by atoms with Crippen molar-refractivity contribution in [2.75, 3.05) is 13.1 Å². The lowest BCUT2D eigenvalue weighted by atomic mass is 9.68. The molecule has 0 spiro atoms. The van der Waals surface area contributed by atoms with Gasteiger partial charge in [0, 0.05) is 29.6 Å². The molecule has 1 aromatic heterocycles. The van der Waals surface area contributed by atoms with Crippen LogP contribution >= 0.6 is 11.6 Å². The molecule has 152 valence electrons. The van der Waals surface area contributed by atoms with E-state index in [1.807, 2.05) is 18.2 Å². The van der Waals surface area contributed by atoms with Crippen molar-refractivity contribution in [3.05, 3.63) is 46.5 Å². The zero-order valence-electron chi connectivity index (χ0n) is 15.4. The van der Waals surface area contributed by atoms with Gasteiger partial charge in [-0.2, -0.15) is 13.2 Å². The summed E-state index contributed by atoms with van der Waals surface area (Å²) in [5, 5.41) is 4.32. The number of fused-ring (bicyclic) bond motifs is 1. The smallest absolute Gasteiger partial charge is 0.330 e. The molecule has 0 unspecified atom stereocenters. The van der Waals surface area contributed by atoms with Gasteiger partial charge in [-0.25, -0.2) is 9.67 Å². The van der Waals surface area contributed by atoms with Gasteiger partial charge in [0.25, 0.3) is 5.82 Å². The molecular formula is C19H23ClF3N5. The molecule has 2 aliphatic rings. The van der Waals surface area contributed by atoms with Crippen molar-refractivity contribution in [2.45, 2.75) is 56.4 Å². The van der Waals surface area contributed by atoms with Gasteiger partial charge in [-0.15, -0.1) is 5.10 Å². The number of rotatable bonds is 3. The van der Waals surface area contributed by atoms with E-state index in [4.69, 9.17) is 17.3 Å². The van der Waals surface area contributed by atoms with Gasteiger partial charge in [0.1, 0.15) is 5.82 Å². The average molecular weight is 414 g/mol. The summed E-state index contributed by atoms with van der Waals surface area (Å²) in [7, 11) is 0. The fourth-order valence-corrected chi connectivity index (χ4v) is 4.73. The Hall–Kier alpha value is -1.64. The predicted molar refractivity (Wildman–Crippen MR) is 99.9 cm³/mol. The number of benzene rings is 1. The van der Waals surface area contributed by atoms with Gasteiger partial charge in [-0.1, -0.05) is 23.7 Å². The molecule has 0 radical (unpaired) electrons. The Bertz CT molecular complexity index is 842. The van der Waals surface area contributed by atoms with Gasteiger partial charge in [-0.3, -0.25) is 4.90 Å². The SMILES string of the molecule is NC[C@]1(c2cccc(Cl)c2)CC[C@@H](N2CCn3nc(C(F)(F)F)nc3C2)CC1. The van der Waals surface area contributed by atoms with Crippen molar-refractivity contribution >= 4 is 11.6 Å². The summed E-state index contributed by atoms with van der Waals surface area (Å²) in [6.45, 7) is 2.08. The molecule has 5 nitrogen and oxygen atoms in total. The van der Waals surface area contributed by atoms with Crippen molar-refractivity contribution in [3.8, 4) is 0 Å². The number of halogens is 4. The predicted octanol–water partition coefficient (Wildman–Crippen LogP) is 3.61. The standard InChI is InChI=1S/C19H23ClF3N5/c20-14-3-1-2-13(10-14)18(12-24)6-4-15(5-7-18)27-8-9-28-16(11-27)25-17(26-28)19(21,22)23/h1-3,10,15H,4-9,11-12,24H2/t15-,18+. The highest BCUT2D eigenvalue weighted by atomic mass is 35.5. The molecule has 2 heterocycles.